The zero-order chi connectivity index (χ0) is 27.5. The number of benzene rings is 1. The molecule has 3 N–H and O–H groups in total. The second kappa shape index (κ2) is 11.6. The Kier molecular flexibility index (Phi) is 7.65. The van der Waals surface area contributed by atoms with E-state index in [1.165, 1.54) is 17.5 Å². The van der Waals surface area contributed by atoms with Crippen molar-refractivity contribution < 1.29 is 23.8 Å². The summed E-state index contributed by atoms with van der Waals surface area (Å²) in [5.74, 6) is 2.30. The number of pyridine rings is 1. The first kappa shape index (κ1) is 26.3. The van der Waals surface area contributed by atoms with E-state index >= 15 is 0 Å². The maximum atomic E-state index is 12.7. The third kappa shape index (κ3) is 6.43. The number of nitrogens with one attached hydrogen (secondary N) is 2. The van der Waals surface area contributed by atoms with Crippen molar-refractivity contribution >= 4 is 17.6 Å². The van der Waals surface area contributed by atoms with Gasteiger partial charge in [-0.1, -0.05) is 6.07 Å². The highest BCUT2D eigenvalue weighted by molar-refractivity contribution is 5.94. The summed E-state index contributed by atoms with van der Waals surface area (Å²) in [5.41, 5.74) is 2.92. The van der Waals surface area contributed by atoms with Crippen LogP contribution in [0.2, 0.25) is 0 Å². The Bertz CT molecular complexity index is 1340. The minimum absolute atomic E-state index is 0.142. The molecule has 0 unspecified atom stereocenters. The monoisotopic (exact) mass is 546 g/mol. The van der Waals surface area contributed by atoms with E-state index in [0.717, 1.165) is 38.1 Å². The lowest BCUT2D eigenvalue weighted by atomic mass is 9.99. The number of hydrogen-bond donors (Lipinski definition) is 3. The van der Waals surface area contributed by atoms with Crippen LogP contribution in [0.15, 0.2) is 53.5 Å². The van der Waals surface area contributed by atoms with Crippen LogP contribution in [0.3, 0.4) is 0 Å². The largest absolute Gasteiger partial charge is 0.486 e. The van der Waals surface area contributed by atoms with Crippen molar-refractivity contribution in [2.75, 3.05) is 38.0 Å². The molecule has 210 valence electrons. The van der Waals surface area contributed by atoms with Gasteiger partial charge in [0.1, 0.15) is 18.2 Å². The molecule has 1 saturated heterocycles. The SMILES string of the molecule is O=C(NC[C@H](O)CN1CCc2cc(OCc3cnco3)ccc2C1)c1ccnc(NC2CN(C(=O)C3CC3)C2)c1. The number of hydrogen-bond acceptors (Lipinski definition) is 9. The average Bonchev–Trinajstić information content (AvgIpc) is 3.67. The van der Waals surface area contributed by atoms with Gasteiger partial charge in [0.05, 0.1) is 18.3 Å². The summed E-state index contributed by atoms with van der Waals surface area (Å²) in [6.45, 7) is 3.83. The number of β-amino-alcohol motifs (C(OH)–C–C–N with tert-alkyl or cyclic N) is 1. The van der Waals surface area contributed by atoms with E-state index in [0.29, 0.717) is 43.4 Å². The van der Waals surface area contributed by atoms with Gasteiger partial charge in [0.25, 0.3) is 5.91 Å². The first-order chi connectivity index (χ1) is 19.5. The standard InChI is InChI=1S/C29H34N6O5/c36-24(16-34-8-6-20-9-25(4-3-22(20)13-34)39-17-26-12-30-18-40-26)11-32-28(37)21-5-7-31-27(10-21)33-23-14-35(15-23)29(38)19-1-2-19/h3-5,7,9-10,12,18-19,23-24,36H,1-2,6,8,11,13-17H2,(H,31,33)(H,32,37)/t24-/m0/s1. The molecule has 11 nitrogen and oxygen atoms in total. The number of amides is 2. The molecule has 11 heteroatoms. The number of aliphatic hydroxyl groups is 1. The molecule has 3 aromatic rings. The first-order valence-electron chi connectivity index (χ1n) is 13.8. The molecular formula is C29H34N6O5. The lowest BCUT2D eigenvalue weighted by molar-refractivity contribution is -0.136. The second-order valence-corrected chi connectivity index (χ2v) is 10.8. The molecule has 2 aliphatic heterocycles. The van der Waals surface area contributed by atoms with Gasteiger partial charge in [-0.05, 0) is 54.7 Å². The summed E-state index contributed by atoms with van der Waals surface area (Å²) >= 11 is 0. The summed E-state index contributed by atoms with van der Waals surface area (Å²) in [6, 6.07) is 9.57. The normalized spacial score (nSPS) is 18.0. The molecule has 1 atom stereocenters. The number of carbonyl (C=O) groups is 2. The second-order valence-electron chi connectivity index (χ2n) is 10.8. The van der Waals surface area contributed by atoms with Crippen LogP contribution in [-0.4, -0.2) is 81.6 Å². The number of aromatic nitrogens is 2. The smallest absolute Gasteiger partial charge is 0.251 e. The minimum Gasteiger partial charge on any atom is -0.486 e. The van der Waals surface area contributed by atoms with Gasteiger partial charge in [0.2, 0.25) is 5.91 Å². The minimum atomic E-state index is -0.695. The molecule has 0 bridgehead atoms. The topological polar surface area (TPSA) is 133 Å². The van der Waals surface area contributed by atoms with Gasteiger partial charge in [-0.3, -0.25) is 14.5 Å². The Labute approximate surface area is 232 Å². The van der Waals surface area contributed by atoms with E-state index in [-0.39, 0.29) is 30.3 Å². The van der Waals surface area contributed by atoms with Crippen molar-refractivity contribution in [3.05, 3.63) is 71.6 Å². The Morgan fingerprint density at radius 3 is 2.85 bits per heavy atom. The Morgan fingerprint density at radius 1 is 1.18 bits per heavy atom. The molecule has 4 heterocycles. The van der Waals surface area contributed by atoms with Gasteiger partial charge < -0.3 is 29.8 Å². The van der Waals surface area contributed by atoms with Crippen LogP contribution in [0.25, 0.3) is 0 Å². The molecule has 0 spiro atoms. The van der Waals surface area contributed by atoms with E-state index < -0.39 is 6.10 Å². The molecule has 1 saturated carbocycles. The molecular weight excluding hydrogens is 512 g/mol. The predicted molar refractivity (Wildman–Crippen MR) is 146 cm³/mol. The summed E-state index contributed by atoms with van der Waals surface area (Å²) in [6.07, 6.45) is 6.80. The predicted octanol–water partition coefficient (Wildman–Crippen LogP) is 1.83. The number of nitrogens with zero attached hydrogens (tertiary/aromatic N) is 4. The fraction of sp³-hybridized carbons (Fsp3) is 0.448. The number of likely N-dealkylation sites (tertiary alicyclic amines) is 1. The van der Waals surface area contributed by atoms with Crippen molar-refractivity contribution in [2.45, 2.75) is 44.6 Å². The van der Waals surface area contributed by atoms with E-state index in [1.807, 2.05) is 11.0 Å². The molecule has 2 amide bonds. The van der Waals surface area contributed by atoms with Crippen LogP contribution in [0.5, 0.6) is 5.75 Å². The number of rotatable bonds is 11. The van der Waals surface area contributed by atoms with Gasteiger partial charge in [0, 0.05) is 56.9 Å². The number of carbonyl (C=O) groups excluding carboxylic acids is 2. The number of fused-ring (bicyclic) bond motifs is 1. The maximum absolute atomic E-state index is 12.7. The average molecular weight is 547 g/mol. The quantitative estimate of drug-likeness (QED) is 0.329. The fourth-order valence-electron chi connectivity index (χ4n) is 5.17. The number of anilines is 1. The molecule has 40 heavy (non-hydrogen) atoms. The van der Waals surface area contributed by atoms with E-state index in [1.54, 1.807) is 24.5 Å². The van der Waals surface area contributed by atoms with E-state index in [2.05, 4.69) is 37.6 Å². The molecule has 0 radical (unpaired) electrons. The number of aliphatic hydroxyl groups excluding tert-OH is 1. The summed E-state index contributed by atoms with van der Waals surface area (Å²) in [4.78, 5) is 37.1. The Hall–Kier alpha value is -3.96. The summed E-state index contributed by atoms with van der Waals surface area (Å²) in [5, 5.41) is 16.8. The fourth-order valence-corrected chi connectivity index (χ4v) is 5.17. The van der Waals surface area contributed by atoms with Gasteiger partial charge in [-0.2, -0.15) is 0 Å². The highest BCUT2D eigenvalue weighted by Crippen LogP contribution is 2.32. The van der Waals surface area contributed by atoms with Gasteiger partial charge in [-0.15, -0.1) is 0 Å². The Balaban J connectivity index is 0.929. The van der Waals surface area contributed by atoms with Crippen LogP contribution >= 0.6 is 0 Å². The van der Waals surface area contributed by atoms with Gasteiger partial charge in [0.15, 0.2) is 12.2 Å². The Morgan fingerprint density at radius 2 is 2.05 bits per heavy atom. The van der Waals surface area contributed by atoms with Crippen LogP contribution in [0, 0.1) is 5.92 Å². The van der Waals surface area contributed by atoms with Crippen molar-refractivity contribution in [2.24, 2.45) is 5.92 Å². The lowest BCUT2D eigenvalue weighted by Gasteiger charge is -2.40. The zero-order valence-electron chi connectivity index (χ0n) is 22.3. The summed E-state index contributed by atoms with van der Waals surface area (Å²) in [7, 11) is 0. The maximum Gasteiger partial charge on any atom is 0.251 e. The highest BCUT2D eigenvalue weighted by atomic mass is 16.5. The van der Waals surface area contributed by atoms with Crippen molar-refractivity contribution in [1.82, 2.24) is 25.1 Å². The van der Waals surface area contributed by atoms with Crippen LogP contribution < -0.4 is 15.4 Å². The zero-order valence-corrected chi connectivity index (χ0v) is 22.3. The molecule has 3 aliphatic rings. The highest BCUT2D eigenvalue weighted by Gasteiger charge is 2.39. The van der Waals surface area contributed by atoms with Crippen LogP contribution in [0.4, 0.5) is 5.82 Å². The van der Waals surface area contributed by atoms with Crippen LogP contribution in [0.1, 0.15) is 40.1 Å². The number of oxazole rings is 1. The number of ether oxygens (including phenoxy) is 1. The van der Waals surface area contributed by atoms with E-state index in [4.69, 9.17) is 9.15 Å². The van der Waals surface area contributed by atoms with E-state index in [9.17, 15) is 14.7 Å². The van der Waals surface area contributed by atoms with Crippen molar-refractivity contribution in [1.29, 1.82) is 0 Å². The van der Waals surface area contributed by atoms with Crippen molar-refractivity contribution in [3.63, 3.8) is 0 Å². The molecule has 1 aromatic carbocycles. The summed E-state index contributed by atoms with van der Waals surface area (Å²) < 4.78 is 11.0. The molecule has 6 rings (SSSR count). The third-order valence-electron chi connectivity index (χ3n) is 7.59. The van der Waals surface area contributed by atoms with Gasteiger partial charge >= 0.3 is 0 Å². The molecule has 2 aromatic heterocycles. The van der Waals surface area contributed by atoms with Gasteiger partial charge in [-0.25, -0.2) is 9.97 Å². The van der Waals surface area contributed by atoms with Crippen molar-refractivity contribution in [3.8, 4) is 5.75 Å². The third-order valence-corrected chi connectivity index (χ3v) is 7.59. The lowest BCUT2D eigenvalue weighted by Crippen LogP contribution is -2.57. The molecule has 1 aliphatic carbocycles. The molecule has 2 fully saturated rings. The first-order valence-corrected chi connectivity index (χ1v) is 13.8. The van der Waals surface area contributed by atoms with Crippen LogP contribution in [-0.2, 0) is 24.4 Å².